The van der Waals surface area contributed by atoms with Gasteiger partial charge in [-0.05, 0) is 61.8 Å². The van der Waals surface area contributed by atoms with Crippen LogP contribution in [0.15, 0.2) is 24.3 Å². The predicted octanol–water partition coefficient (Wildman–Crippen LogP) is 4.09. The van der Waals surface area contributed by atoms with Gasteiger partial charge in [0.1, 0.15) is 5.75 Å². The average molecular weight is 371 g/mol. The van der Waals surface area contributed by atoms with Crippen molar-refractivity contribution in [3.05, 3.63) is 29.8 Å². The molecule has 1 unspecified atom stereocenters. The number of ether oxygens (including phenoxy) is 1. The highest BCUT2D eigenvalue weighted by atomic mass is 16.5. The quantitative estimate of drug-likeness (QED) is 0.800. The molecule has 2 saturated heterocycles. The molecule has 3 aliphatic rings. The van der Waals surface area contributed by atoms with E-state index in [1.54, 1.807) is 7.11 Å². The third-order valence-corrected chi connectivity index (χ3v) is 7.12. The number of likely N-dealkylation sites (tertiary alicyclic amines) is 2. The smallest absolute Gasteiger partial charge is 0.222 e. The number of piperidine rings is 1. The van der Waals surface area contributed by atoms with Crippen LogP contribution in [-0.2, 0) is 11.3 Å². The van der Waals surface area contributed by atoms with E-state index >= 15 is 0 Å². The molecule has 1 saturated carbocycles. The van der Waals surface area contributed by atoms with Crippen LogP contribution in [-0.4, -0.2) is 48.5 Å². The Bertz CT molecular complexity index is 647. The number of methoxy groups -OCH3 is 1. The lowest BCUT2D eigenvalue weighted by Crippen LogP contribution is -2.47. The fourth-order valence-electron chi connectivity index (χ4n) is 5.51. The summed E-state index contributed by atoms with van der Waals surface area (Å²) in [4.78, 5) is 17.5. The maximum Gasteiger partial charge on any atom is 0.222 e. The van der Waals surface area contributed by atoms with E-state index in [0.29, 0.717) is 24.9 Å². The second kappa shape index (κ2) is 8.64. The Morgan fingerprint density at radius 1 is 1.04 bits per heavy atom. The molecule has 0 radical (unpaired) electrons. The van der Waals surface area contributed by atoms with Gasteiger partial charge in [0, 0.05) is 32.1 Å². The summed E-state index contributed by atoms with van der Waals surface area (Å²) in [6.45, 7) is 4.11. The van der Waals surface area contributed by atoms with Gasteiger partial charge in [0.05, 0.1) is 7.11 Å². The Kier molecular flexibility index (Phi) is 6.01. The van der Waals surface area contributed by atoms with Crippen LogP contribution < -0.4 is 4.74 Å². The van der Waals surface area contributed by atoms with Gasteiger partial charge in [0.2, 0.25) is 5.91 Å². The molecule has 4 nitrogen and oxygen atoms in total. The third kappa shape index (κ3) is 4.48. The highest BCUT2D eigenvalue weighted by Gasteiger charge is 2.35. The van der Waals surface area contributed by atoms with Gasteiger partial charge in [-0.1, -0.05) is 31.4 Å². The van der Waals surface area contributed by atoms with Gasteiger partial charge in [-0.2, -0.15) is 0 Å². The molecule has 0 aromatic heterocycles. The Hall–Kier alpha value is -1.55. The molecular weight excluding hydrogens is 336 g/mol. The van der Waals surface area contributed by atoms with Crippen LogP contribution in [0.1, 0.15) is 56.9 Å². The summed E-state index contributed by atoms with van der Waals surface area (Å²) >= 11 is 0. The Morgan fingerprint density at radius 2 is 1.89 bits per heavy atom. The molecule has 0 spiro atoms. The zero-order valence-electron chi connectivity index (χ0n) is 16.7. The van der Waals surface area contributed by atoms with Crippen molar-refractivity contribution >= 4 is 5.91 Å². The summed E-state index contributed by atoms with van der Waals surface area (Å²) in [5, 5.41) is 0. The standard InChI is InChI=1S/C23H34N2O2/c1-27-22-8-4-5-18(15-22)16-25-14-12-21(9-10-23(25)26)24-13-11-19-6-2-3-7-20(19)17-24/h4-5,8,15,19-21H,2-3,6-7,9-14,16-17H2,1H3/t19-,20-,21?/m0/s1. The van der Waals surface area contributed by atoms with Crippen LogP contribution in [0.25, 0.3) is 0 Å². The molecule has 1 aliphatic carbocycles. The molecule has 0 bridgehead atoms. The summed E-state index contributed by atoms with van der Waals surface area (Å²) < 4.78 is 5.33. The minimum absolute atomic E-state index is 0.313. The molecule has 2 heterocycles. The zero-order valence-corrected chi connectivity index (χ0v) is 16.7. The number of nitrogens with zero attached hydrogens (tertiary/aromatic N) is 2. The number of benzene rings is 1. The lowest BCUT2D eigenvalue weighted by atomic mass is 9.74. The zero-order chi connectivity index (χ0) is 18.6. The van der Waals surface area contributed by atoms with E-state index < -0.39 is 0 Å². The molecule has 1 amide bonds. The van der Waals surface area contributed by atoms with E-state index in [0.717, 1.165) is 42.5 Å². The summed E-state index contributed by atoms with van der Waals surface area (Å²) in [6.07, 6.45) is 9.97. The van der Waals surface area contributed by atoms with Crippen LogP contribution in [0, 0.1) is 11.8 Å². The molecular formula is C23H34N2O2. The second-order valence-electron chi connectivity index (χ2n) is 8.74. The van der Waals surface area contributed by atoms with Gasteiger partial charge in [0.25, 0.3) is 0 Å². The molecule has 4 heteroatoms. The topological polar surface area (TPSA) is 32.8 Å². The minimum Gasteiger partial charge on any atom is -0.497 e. The predicted molar refractivity (Wildman–Crippen MR) is 108 cm³/mol. The van der Waals surface area contributed by atoms with E-state index in [4.69, 9.17) is 4.74 Å². The fourth-order valence-corrected chi connectivity index (χ4v) is 5.51. The molecule has 1 aromatic rings. The number of amides is 1. The highest BCUT2D eigenvalue weighted by molar-refractivity contribution is 5.76. The molecule has 2 aliphatic heterocycles. The summed E-state index contributed by atoms with van der Waals surface area (Å²) in [6, 6.07) is 8.69. The SMILES string of the molecule is COc1cccc(CN2CCC(N3CC[C@@H]4CCCC[C@H]4C3)CCC2=O)c1. The normalized spacial score (nSPS) is 29.9. The summed E-state index contributed by atoms with van der Waals surface area (Å²) in [5.41, 5.74) is 1.16. The Morgan fingerprint density at radius 3 is 2.74 bits per heavy atom. The van der Waals surface area contributed by atoms with Crippen molar-refractivity contribution in [2.24, 2.45) is 11.8 Å². The van der Waals surface area contributed by atoms with E-state index in [-0.39, 0.29) is 0 Å². The first-order valence-corrected chi connectivity index (χ1v) is 10.9. The number of hydrogen-bond acceptors (Lipinski definition) is 3. The fraction of sp³-hybridized carbons (Fsp3) is 0.696. The number of carbonyl (C=O) groups excluding carboxylic acids is 1. The van der Waals surface area contributed by atoms with Gasteiger partial charge < -0.3 is 14.5 Å². The lowest BCUT2D eigenvalue weighted by molar-refractivity contribution is -0.131. The summed E-state index contributed by atoms with van der Waals surface area (Å²) in [5.74, 6) is 3.07. The minimum atomic E-state index is 0.313. The summed E-state index contributed by atoms with van der Waals surface area (Å²) in [7, 11) is 1.69. The van der Waals surface area contributed by atoms with Gasteiger partial charge in [0.15, 0.2) is 0 Å². The first-order chi connectivity index (χ1) is 13.2. The number of carbonyl (C=O) groups is 1. The molecule has 4 rings (SSSR count). The number of fused-ring (bicyclic) bond motifs is 1. The van der Waals surface area contributed by atoms with Crippen molar-refractivity contribution in [1.82, 2.24) is 9.80 Å². The Balaban J connectivity index is 1.35. The first kappa shape index (κ1) is 18.8. The first-order valence-electron chi connectivity index (χ1n) is 10.9. The highest BCUT2D eigenvalue weighted by Crippen LogP contribution is 2.37. The van der Waals surface area contributed by atoms with Gasteiger partial charge >= 0.3 is 0 Å². The monoisotopic (exact) mass is 370 g/mol. The van der Waals surface area contributed by atoms with Crippen LogP contribution in [0.3, 0.4) is 0 Å². The molecule has 0 N–H and O–H groups in total. The van der Waals surface area contributed by atoms with E-state index in [1.807, 2.05) is 18.2 Å². The molecule has 3 fully saturated rings. The van der Waals surface area contributed by atoms with Crippen molar-refractivity contribution in [3.63, 3.8) is 0 Å². The molecule has 1 aromatic carbocycles. The second-order valence-corrected chi connectivity index (χ2v) is 8.74. The third-order valence-electron chi connectivity index (χ3n) is 7.12. The van der Waals surface area contributed by atoms with Crippen LogP contribution >= 0.6 is 0 Å². The van der Waals surface area contributed by atoms with Crippen LogP contribution in [0.2, 0.25) is 0 Å². The maximum absolute atomic E-state index is 12.7. The maximum atomic E-state index is 12.7. The van der Waals surface area contributed by atoms with Gasteiger partial charge in [-0.15, -0.1) is 0 Å². The Labute approximate surface area is 163 Å². The van der Waals surface area contributed by atoms with E-state index in [1.165, 1.54) is 45.2 Å². The number of hydrogen-bond donors (Lipinski definition) is 0. The van der Waals surface area contributed by atoms with Crippen LogP contribution in [0.5, 0.6) is 5.75 Å². The largest absolute Gasteiger partial charge is 0.497 e. The van der Waals surface area contributed by atoms with Crippen molar-refractivity contribution in [1.29, 1.82) is 0 Å². The van der Waals surface area contributed by atoms with Crippen LogP contribution in [0.4, 0.5) is 0 Å². The van der Waals surface area contributed by atoms with E-state index in [9.17, 15) is 4.79 Å². The van der Waals surface area contributed by atoms with Crippen molar-refractivity contribution in [2.45, 2.75) is 64.0 Å². The lowest BCUT2D eigenvalue weighted by Gasteiger charge is -2.44. The van der Waals surface area contributed by atoms with Gasteiger partial charge in [-0.3, -0.25) is 4.79 Å². The number of rotatable bonds is 4. The molecule has 148 valence electrons. The van der Waals surface area contributed by atoms with Crippen molar-refractivity contribution < 1.29 is 9.53 Å². The molecule has 3 atom stereocenters. The van der Waals surface area contributed by atoms with Crippen molar-refractivity contribution in [3.8, 4) is 5.75 Å². The average Bonchev–Trinajstić information content (AvgIpc) is 2.90. The van der Waals surface area contributed by atoms with E-state index in [2.05, 4.69) is 15.9 Å². The van der Waals surface area contributed by atoms with Crippen molar-refractivity contribution in [2.75, 3.05) is 26.7 Å². The van der Waals surface area contributed by atoms with Gasteiger partial charge in [-0.25, -0.2) is 0 Å². The molecule has 27 heavy (non-hydrogen) atoms.